The van der Waals surface area contributed by atoms with Gasteiger partial charge in [-0.2, -0.15) is 0 Å². The molecule has 0 aromatic heterocycles. The van der Waals surface area contributed by atoms with Gasteiger partial charge >= 0.3 is 0 Å². The van der Waals surface area contributed by atoms with Crippen molar-refractivity contribution in [2.75, 3.05) is 0 Å². The van der Waals surface area contributed by atoms with Crippen LogP contribution in [-0.4, -0.2) is 11.2 Å². The molecule has 0 saturated carbocycles. The molecular weight excluding hydrogens is 124 g/mol. The average molecular weight is 143 g/mol. The highest BCUT2D eigenvalue weighted by Crippen LogP contribution is 2.21. The molecule has 0 rings (SSSR count). The molecule has 1 nitrogen and oxygen atoms in total. The minimum atomic E-state index is -0.0851. The molecule has 0 bridgehead atoms. The molecule has 0 aromatic rings. The van der Waals surface area contributed by atoms with E-state index in [1.807, 2.05) is 0 Å². The summed E-state index contributed by atoms with van der Waals surface area (Å²) in [5, 5.41) is 0. The normalized spacial score (nSPS) is 13.8. The summed E-state index contributed by atoms with van der Waals surface area (Å²) < 4.78 is 5.71. The SMILES string of the molecule is [CH2]CC(C)(C)OC(C)(C)C. The van der Waals surface area contributed by atoms with Crippen LogP contribution in [0.1, 0.15) is 41.0 Å². The molecule has 0 atom stereocenters. The standard InChI is InChI=1S/C9H19O/c1-7-9(5,6)10-8(2,3)4/h1,7H2,2-6H3. The maximum absolute atomic E-state index is 5.71. The van der Waals surface area contributed by atoms with Gasteiger partial charge in [0.1, 0.15) is 0 Å². The van der Waals surface area contributed by atoms with E-state index in [1.165, 1.54) is 0 Å². The van der Waals surface area contributed by atoms with E-state index >= 15 is 0 Å². The lowest BCUT2D eigenvalue weighted by molar-refractivity contribution is -0.110. The first-order chi connectivity index (χ1) is 4.27. The van der Waals surface area contributed by atoms with E-state index in [2.05, 4.69) is 41.5 Å². The third-order valence-electron chi connectivity index (χ3n) is 1.18. The first-order valence-corrected chi connectivity index (χ1v) is 3.76. The number of hydrogen-bond acceptors (Lipinski definition) is 1. The van der Waals surface area contributed by atoms with Crippen LogP contribution in [0.3, 0.4) is 0 Å². The lowest BCUT2D eigenvalue weighted by Gasteiger charge is -2.32. The zero-order valence-corrected chi connectivity index (χ0v) is 7.82. The molecule has 0 spiro atoms. The van der Waals surface area contributed by atoms with Gasteiger partial charge in [0.2, 0.25) is 0 Å². The fourth-order valence-electron chi connectivity index (χ4n) is 0.880. The molecule has 61 valence electrons. The van der Waals surface area contributed by atoms with E-state index in [9.17, 15) is 0 Å². The molecule has 0 unspecified atom stereocenters. The predicted octanol–water partition coefficient (Wildman–Crippen LogP) is 2.80. The Balaban J connectivity index is 3.89. The van der Waals surface area contributed by atoms with E-state index in [-0.39, 0.29) is 11.2 Å². The van der Waals surface area contributed by atoms with Crippen molar-refractivity contribution in [3.8, 4) is 0 Å². The molecule has 0 aliphatic rings. The van der Waals surface area contributed by atoms with Crippen LogP contribution in [0.5, 0.6) is 0 Å². The van der Waals surface area contributed by atoms with Crippen LogP contribution in [-0.2, 0) is 4.74 Å². The second-order valence-corrected chi connectivity index (χ2v) is 4.22. The van der Waals surface area contributed by atoms with Gasteiger partial charge in [-0.15, -0.1) is 0 Å². The van der Waals surface area contributed by atoms with Crippen LogP contribution in [0.15, 0.2) is 0 Å². The van der Waals surface area contributed by atoms with Gasteiger partial charge in [0.15, 0.2) is 0 Å². The van der Waals surface area contributed by atoms with Crippen LogP contribution in [0, 0.1) is 6.92 Å². The summed E-state index contributed by atoms with van der Waals surface area (Å²) in [5.74, 6) is 0. The van der Waals surface area contributed by atoms with Gasteiger partial charge in [0.05, 0.1) is 11.2 Å². The van der Waals surface area contributed by atoms with Gasteiger partial charge < -0.3 is 4.74 Å². The van der Waals surface area contributed by atoms with E-state index < -0.39 is 0 Å². The Kier molecular flexibility index (Phi) is 2.90. The molecule has 0 fully saturated rings. The molecule has 0 amide bonds. The van der Waals surface area contributed by atoms with Crippen molar-refractivity contribution in [3.05, 3.63) is 6.92 Å². The number of hydrogen-bond donors (Lipinski definition) is 0. The Bertz CT molecular complexity index is 97.8. The van der Waals surface area contributed by atoms with Crippen molar-refractivity contribution >= 4 is 0 Å². The van der Waals surface area contributed by atoms with E-state index in [0.29, 0.717) is 0 Å². The van der Waals surface area contributed by atoms with Crippen molar-refractivity contribution < 1.29 is 4.74 Å². The van der Waals surface area contributed by atoms with E-state index in [0.717, 1.165) is 6.42 Å². The highest BCUT2D eigenvalue weighted by atomic mass is 16.5. The van der Waals surface area contributed by atoms with Crippen LogP contribution in [0.2, 0.25) is 0 Å². The van der Waals surface area contributed by atoms with E-state index in [1.54, 1.807) is 0 Å². The molecule has 0 aromatic carbocycles. The molecule has 0 N–H and O–H groups in total. The quantitative estimate of drug-likeness (QED) is 0.577. The van der Waals surface area contributed by atoms with Crippen LogP contribution in [0.4, 0.5) is 0 Å². The van der Waals surface area contributed by atoms with Crippen molar-refractivity contribution in [2.24, 2.45) is 0 Å². The predicted molar refractivity (Wildman–Crippen MR) is 44.9 cm³/mol. The van der Waals surface area contributed by atoms with Crippen LogP contribution in [0.25, 0.3) is 0 Å². The van der Waals surface area contributed by atoms with Crippen LogP contribution < -0.4 is 0 Å². The summed E-state index contributed by atoms with van der Waals surface area (Å²) >= 11 is 0. The smallest absolute Gasteiger partial charge is 0.0633 e. The van der Waals surface area contributed by atoms with Crippen LogP contribution >= 0.6 is 0 Å². The third-order valence-corrected chi connectivity index (χ3v) is 1.18. The molecule has 0 aliphatic carbocycles. The second kappa shape index (κ2) is 2.91. The van der Waals surface area contributed by atoms with Gasteiger partial charge in [-0.3, -0.25) is 0 Å². The molecule has 10 heavy (non-hydrogen) atoms. The molecule has 0 heterocycles. The Hall–Kier alpha value is -0.0400. The highest BCUT2D eigenvalue weighted by Gasteiger charge is 2.23. The fraction of sp³-hybridized carbons (Fsp3) is 0.889. The lowest BCUT2D eigenvalue weighted by Crippen LogP contribution is -2.34. The topological polar surface area (TPSA) is 9.23 Å². The Morgan fingerprint density at radius 3 is 1.60 bits per heavy atom. The van der Waals surface area contributed by atoms with Crippen molar-refractivity contribution in [3.63, 3.8) is 0 Å². The molecule has 0 saturated heterocycles. The zero-order valence-electron chi connectivity index (χ0n) is 7.82. The van der Waals surface area contributed by atoms with Crippen molar-refractivity contribution in [2.45, 2.75) is 52.2 Å². The first kappa shape index (κ1) is 9.96. The monoisotopic (exact) mass is 143 g/mol. The minimum Gasteiger partial charge on any atom is -0.370 e. The van der Waals surface area contributed by atoms with Crippen molar-refractivity contribution in [1.29, 1.82) is 0 Å². The van der Waals surface area contributed by atoms with Crippen molar-refractivity contribution in [1.82, 2.24) is 0 Å². The molecule has 1 radical (unpaired) electrons. The lowest BCUT2D eigenvalue weighted by atomic mass is 10.0. The van der Waals surface area contributed by atoms with Gasteiger partial charge in [0, 0.05) is 0 Å². The Morgan fingerprint density at radius 1 is 1.10 bits per heavy atom. The zero-order chi connectivity index (χ0) is 8.41. The summed E-state index contributed by atoms with van der Waals surface area (Å²) in [6.07, 6.45) is 0.810. The number of ether oxygens (including phenoxy) is 1. The maximum atomic E-state index is 5.71. The van der Waals surface area contributed by atoms with Gasteiger partial charge in [-0.05, 0) is 41.0 Å². The first-order valence-electron chi connectivity index (χ1n) is 3.76. The van der Waals surface area contributed by atoms with Gasteiger partial charge in [-0.1, -0.05) is 6.92 Å². The summed E-state index contributed by atoms with van der Waals surface area (Å²) in [7, 11) is 0. The Labute approximate surface area is 64.8 Å². The molecular formula is C9H19O. The van der Waals surface area contributed by atoms with E-state index in [4.69, 9.17) is 4.74 Å². The highest BCUT2D eigenvalue weighted by molar-refractivity contribution is 4.74. The minimum absolute atomic E-state index is 0.0544. The Morgan fingerprint density at radius 2 is 1.50 bits per heavy atom. The maximum Gasteiger partial charge on any atom is 0.0633 e. The number of rotatable bonds is 2. The molecule has 0 aliphatic heterocycles. The average Bonchev–Trinajstić information content (AvgIpc) is 1.60. The summed E-state index contributed by atoms with van der Waals surface area (Å²) in [6.45, 7) is 14.1. The second-order valence-electron chi connectivity index (χ2n) is 4.22. The summed E-state index contributed by atoms with van der Waals surface area (Å²) in [5.41, 5.74) is -0.139. The van der Waals surface area contributed by atoms with Gasteiger partial charge in [0.25, 0.3) is 0 Å². The molecule has 1 heteroatoms. The summed E-state index contributed by atoms with van der Waals surface area (Å²) in [4.78, 5) is 0. The largest absolute Gasteiger partial charge is 0.370 e. The van der Waals surface area contributed by atoms with Gasteiger partial charge in [-0.25, -0.2) is 0 Å². The summed E-state index contributed by atoms with van der Waals surface area (Å²) in [6, 6.07) is 0. The third kappa shape index (κ3) is 4.80. The fourth-order valence-corrected chi connectivity index (χ4v) is 0.880.